The number of nitrogens with zero attached hydrogens (tertiary/aromatic N) is 3. The smallest absolute Gasteiger partial charge is 0.336 e. The number of morpholine rings is 1. The minimum Gasteiger partial charge on any atom is -0.478 e. The van der Waals surface area contributed by atoms with Gasteiger partial charge in [-0.3, -0.25) is 4.79 Å². The minimum atomic E-state index is -1.13. The number of aromatic carboxylic acids is 1. The quantitative estimate of drug-likeness (QED) is 0.597. The molecule has 10 heteroatoms. The second-order valence-corrected chi connectivity index (χ2v) is 8.75. The summed E-state index contributed by atoms with van der Waals surface area (Å²) in [5, 5.41) is 13.5. The van der Waals surface area contributed by atoms with E-state index in [-0.39, 0.29) is 17.0 Å². The lowest BCUT2D eigenvalue weighted by atomic mass is 10.1. The van der Waals surface area contributed by atoms with Gasteiger partial charge in [0.25, 0.3) is 5.91 Å². The molecule has 0 spiro atoms. The summed E-state index contributed by atoms with van der Waals surface area (Å²) >= 11 is 2.83. The summed E-state index contributed by atoms with van der Waals surface area (Å²) in [6, 6.07) is 10.4. The van der Waals surface area contributed by atoms with Crippen LogP contribution in [0, 0.1) is 0 Å². The topological polar surface area (TPSA) is 105 Å². The highest BCUT2D eigenvalue weighted by Gasteiger charge is 2.24. The number of pyridine rings is 1. The molecule has 3 heterocycles. The SMILES string of the molecule is O=C(O)c1cc(Sc2cnc(Nc3ccccn3)s2)ccc1C(=O)N1CCOCC1. The maximum atomic E-state index is 12.7. The van der Waals surface area contributed by atoms with Gasteiger partial charge in [-0.05, 0) is 30.3 Å². The second-order valence-electron chi connectivity index (χ2n) is 6.34. The molecule has 2 N–H and O–H groups in total. The van der Waals surface area contributed by atoms with Crippen molar-refractivity contribution in [3.8, 4) is 0 Å². The Balaban J connectivity index is 1.50. The van der Waals surface area contributed by atoms with Gasteiger partial charge in [0.15, 0.2) is 5.13 Å². The van der Waals surface area contributed by atoms with Gasteiger partial charge in [-0.1, -0.05) is 29.2 Å². The van der Waals surface area contributed by atoms with E-state index in [2.05, 4.69) is 15.3 Å². The molecular formula is C20H18N4O4S2. The molecule has 4 rings (SSSR count). The van der Waals surface area contributed by atoms with Crippen molar-refractivity contribution in [3.05, 3.63) is 59.9 Å². The molecule has 1 saturated heterocycles. The number of hydrogen-bond acceptors (Lipinski definition) is 8. The summed E-state index contributed by atoms with van der Waals surface area (Å²) in [6.45, 7) is 1.84. The molecule has 8 nitrogen and oxygen atoms in total. The van der Waals surface area contributed by atoms with E-state index in [1.807, 2.05) is 18.2 Å². The van der Waals surface area contributed by atoms with Gasteiger partial charge in [-0.25, -0.2) is 14.8 Å². The van der Waals surface area contributed by atoms with Crippen LogP contribution in [0.15, 0.2) is 57.9 Å². The Hall–Kier alpha value is -2.95. The number of thiazole rings is 1. The van der Waals surface area contributed by atoms with Crippen LogP contribution in [-0.4, -0.2) is 58.2 Å². The van der Waals surface area contributed by atoms with Crippen molar-refractivity contribution in [1.82, 2.24) is 14.9 Å². The number of hydrogen-bond donors (Lipinski definition) is 2. The summed E-state index contributed by atoms with van der Waals surface area (Å²) in [6.07, 6.45) is 3.41. The average Bonchev–Trinajstić information content (AvgIpc) is 3.21. The van der Waals surface area contributed by atoms with Crippen LogP contribution in [0.1, 0.15) is 20.7 Å². The molecule has 0 aliphatic carbocycles. The fraction of sp³-hybridized carbons (Fsp3) is 0.200. The van der Waals surface area contributed by atoms with Crippen LogP contribution in [-0.2, 0) is 4.74 Å². The summed E-state index contributed by atoms with van der Waals surface area (Å²) in [7, 11) is 0. The van der Waals surface area contributed by atoms with E-state index in [4.69, 9.17) is 4.74 Å². The van der Waals surface area contributed by atoms with Crippen molar-refractivity contribution < 1.29 is 19.4 Å². The average molecular weight is 443 g/mol. The molecule has 3 aromatic rings. The van der Waals surface area contributed by atoms with Gasteiger partial charge in [-0.15, -0.1) is 0 Å². The highest BCUT2D eigenvalue weighted by molar-refractivity contribution is 8.01. The van der Waals surface area contributed by atoms with Crippen molar-refractivity contribution in [1.29, 1.82) is 0 Å². The normalized spacial score (nSPS) is 13.8. The fourth-order valence-electron chi connectivity index (χ4n) is 2.91. The first kappa shape index (κ1) is 20.3. The molecule has 154 valence electrons. The summed E-state index contributed by atoms with van der Waals surface area (Å²) in [5.41, 5.74) is 0.184. The molecule has 0 radical (unpaired) electrons. The van der Waals surface area contributed by atoms with E-state index in [0.717, 1.165) is 9.10 Å². The molecule has 0 bridgehead atoms. The Morgan fingerprint density at radius 2 is 1.97 bits per heavy atom. The molecule has 2 aromatic heterocycles. The summed E-state index contributed by atoms with van der Waals surface area (Å²) in [5.74, 6) is -0.717. The monoisotopic (exact) mass is 442 g/mol. The molecule has 1 aromatic carbocycles. The van der Waals surface area contributed by atoms with E-state index in [1.54, 1.807) is 29.4 Å². The number of nitrogens with one attached hydrogen (secondary N) is 1. The number of carbonyl (C=O) groups is 2. The number of carboxylic acids is 1. The largest absolute Gasteiger partial charge is 0.478 e. The Morgan fingerprint density at radius 3 is 2.70 bits per heavy atom. The number of rotatable bonds is 6. The standard InChI is InChI=1S/C20H18N4O4S2/c25-18(24-7-9-28-10-8-24)14-5-4-13(11-15(14)19(26)27)29-17-12-22-20(30-17)23-16-3-1-2-6-21-16/h1-6,11-12H,7-10H2,(H,26,27)(H,21,22,23). The van der Waals surface area contributed by atoms with Crippen molar-refractivity contribution in [2.75, 3.05) is 31.6 Å². The molecule has 30 heavy (non-hydrogen) atoms. The number of aromatic nitrogens is 2. The van der Waals surface area contributed by atoms with Gasteiger partial charge in [0.2, 0.25) is 0 Å². The van der Waals surface area contributed by atoms with Gasteiger partial charge in [0, 0.05) is 24.2 Å². The van der Waals surface area contributed by atoms with Crippen LogP contribution in [0.4, 0.5) is 10.9 Å². The molecule has 0 saturated carbocycles. The Bertz CT molecular complexity index is 1050. The predicted octanol–water partition coefficient (Wildman–Crippen LogP) is 3.60. The lowest BCUT2D eigenvalue weighted by Gasteiger charge is -2.27. The molecule has 1 aliphatic rings. The van der Waals surface area contributed by atoms with Gasteiger partial charge in [0.1, 0.15) is 5.82 Å². The fourth-order valence-corrected chi connectivity index (χ4v) is 4.81. The third-order valence-corrected chi connectivity index (χ3v) is 6.36. The van der Waals surface area contributed by atoms with Crippen LogP contribution in [0.3, 0.4) is 0 Å². The Labute approximate surface area is 180 Å². The van der Waals surface area contributed by atoms with Crippen LogP contribution >= 0.6 is 23.1 Å². The number of carbonyl (C=O) groups excluding carboxylic acids is 1. The third-order valence-electron chi connectivity index (χ3n) is 4.35. The zero-order valence-electron chi connectivity index (χ0n) is 15.8. The van der Waals surface area contributed by atoms with Crippen molar-refractivity contribution in [2.24, 2.45) is 0 Å². The van der Waals surface area contributed by atoms with Crippen molar-refractivity contribution in [2.45, 2.75) is 9.10 Å². The highest BCUT2D eigenvalue weighted by atomic mass is 32.2. The van der Waals surface area contributed by atoms with Crippen LogP contribution < -0.4 is 5.32 Å². The highest BCUT2D eigenvalue weighted by Crippen LogP contribution is 2.35. The minimum absolute atomic E-state index is 0.00663. The lowest BCUT2D eigenvalue weighted by Crippen LogP contribution is -2.41. The number of anilines is 2. The molecule has 0 atom stereocenters. The zero-order chi connectivity index (χ0) is 20.9. The summed E-state index contributed by atoms with van der Waals surface area (Å²) < 4.78 is 6.15. The van der Waals surface area contributed by atoms with Crippen molar-refractivity contribution in [3.63, 3.8) is 0 Å². The first-order valence-corrected chi connectivity index (χ1v) is 10.8. The lowest BCUT2D eigenvalue weighted by molar-refractivity contribution is 0.0300. The number of amides is 1. The zero-order valence-corrected chi connectivity index (χ0v) is 17.4. The van der Waals surface area contributed by atoms with Crippen LogP contribution in [0.2, 0.25) is 0 Å². The Kier molecular flexibility index (Phi) is 6.26. The van der Waals surface area contributed by atoms with Gasteiger partial charge >= 0.3 is 5.97 Å². The van der Waals surface area contributed by atoms with E-state index in [0.29, 0.717) is 37.3 Å². The van der Waals surface area contributed by atoms with E-state index in [9.17, 15) is 14.7 Å². The van der Waals surface area contributed by atoms with E-state index >= 15 is 0 Å². The first-order valence-electron chi connectivity index (χ1n) is 9.16. The van der Waals surface area contributed by atoms with Crippen LogP contribution in [0.5, 0.6) is 0 Å². The van der Waals surface area contributed by atoms with Gasteiger partial charge in [-0.2, -0.15) is 0 Å². The summed E-state index contributed by atoms with van der Waals surface area (Å²) in [4.78, 5) is 35.4. The predicted molar refractivity (Wildman–Crippen MR) is 114 cm³/mol. The molecule has 1 fully saturated rings. The number of ether oxygens (including phenoxy) is 1. The Morgan fingerprint density at radius 1 is 1.13 bits per heavy atom. The number of benzene rings is 1. The molecule has 1 aliphatic heterocycles. The van der Waals surface area contributed by atoms with E-state index < -0.39 is 5.97 Å². The van der Waals surface area contributed by atoms with Gasteiger partial charge in [0.05, 0.1) is 34.7 Å². The molecule has 1 amide bonds. The van der Waals surface area contributed by atoms with Crippen LogP contribution in [0.25, 0.3) is 0 Å². The maximum absolute atomic E-state index is 12.7. The van der Waals surface area contributed by atoms with Gasteiger partial charge < -0.3 is 20.1 Å². The molecule has 0 unspecified atom stereocenters. The first-order chi connectivity index (χ1) is 14.6. The molecular weight excluding hydrogens is 424 g/mol. The number of carboxylic acid groups (broad SMARTS) is 1. The van der Waals surface area contributed by atoms with Crippen molar-refractivity contribution >= 4 is 45.9 Å². The third kappa shape index (κ3) is 4.78. The van der Waals surface area contributed by atoms with E-state index in [1.165, 1.54) is 29.2 Å². The second kappa shape index (κ2) is 9.24. The maximum Gasteiger partial charge on any atom is 0.336 e.